The lowest BCUT2D eigenvalue weighted by atomic mass is 10.0. The number of carbonyl (C=O) groups is 1. The number of hydrogen-bond donors (Lipinski definition) is 2. The third kappa shape index (κ3) is 5.90. The molecule has 0 spiro atoms. The van der Waals surface area contributed by atoms with Crippen LogP contribution in [0.3, 0.4) is 0 Å². The van der Waals surface area contributed by atoms with Crippen molar-refractivity contribution in [1.29, 1.82) is 0 Å². The average molecular weight is 511 g/mol. The van der Waals surface area contributed by atoms with Gasteiger partial charge in [-0.2, -0.15) is 15.0 Å². The molecule has 0 aliphatic carbocycles. The predicted octanol–water partition coefficient (Wildman–Crippen LogP) is 0.363. The van der Waals surface area contributed by atoms with Crippen LogP contribution in [-0.2, 0) is 30.3 Å². The van der Waals surface area contributed by atoms with Gasteiger partial charge in [-0.15, -0.1) is 0 Å². The quantitative estimate of drug-likeness (QED) is 0.358. The molecule has 2 heterocycles. The molecule has 0 radical (unpaired) electrons. The first-order chi connectivity index (χ1) is 15.8. The first-order valence-corrected chi connectivity index (χ1v) is 13.2. The number of aromatic nitrogens is 5. The highest BCUT2D eigenvalue weighted by Crippen LogP contribution is 2.36. The summed E-state index contributed by atoms with van der Waals surface area (Å²) >= 11 is 0. The maximum absolute atomic E-state index is 12.6. The first kappa shape index (κ1) is 25.6. The van der Waals surface area contributed by atoms with E-state index in [0.29, 0.717) is 11.3 Å². The van der Waals surface area contributed by atoms with Crippen molar-refractivity contribution in [3.63, 3.8) is 0 Å². The molecular formula is C19H22N5O8PS. The van der Waals surface area contributed by atoms with Gasteiger partial charge in [-0.3, -0.25) is 18.7 Å². The van der Waals surface area contributed by atoms with Crippen LogP contribution in [-0.4, -0.2) is 66.1 Å². The molecule has 34 heavy (non-hydrogen) atoms. The van der Waals surface area contributed by atoms with Crippen LogP contribution in [0.15, 0.2) is 53.8 Å². The van der Waals surface area contributed by atoms with Crippen LogP contribution >= 0.6 is 7.82 Å². The number of sulfone groups is 1. The van der Waals surface area contributed by atoms with Crippen LogP contribution in [0.2, 0.25) is 0 Å². The number of nitrogens with zero attached hydrogens (tertiary/aromatic N) is 5. The number of phosphoric ester groups is 1. The van der Waals surface area contributed by atoms with E-state index >= 15 is 0 Å². The van der Waals surface area contributed by atoms with E-state index in [4.69, 9.17) is 9.79 Å². The number of aryl methyl sites for hydroxylation is 1. The third-order valence-corrected chi connectivity index (χ3v) is 7.83. The second kappa shape index (κ2) is 9.68. The predicted molar refractivity (Wildman–Crippen MR) is 120 cm³/mol. The molecule has 0 fully saturated rings. The van der Waals surface area contributed by atoms with Crippen LogP contribution in [0.1, 0.15) is 13.3 Å². The summed E-state index contributed by atoms with van der Waals surface area (Å²) in [5.41, 5.74) is 1.29. The highest BCUT2D eigenvalue weighted by Gasteiger charge is 2.43. The molecule has 1 aromatic carbocycles. The number of Topliss-reactive ketones (excluding diaryl/α,β-unsaturated/α-hetero) is 1. The fourth-order valence-electron chi connectivity index (χ4n) is 3.03. The summed E-state index contributed by atoms with van der Waals surface area (Å²) in [5.74, 6) is -1.04. The number of ketones is 1. The summed E-state index contributed by atoms with van der Waals surface area (Å²) in [7, 11) is -8.99. The Bertz CT molecular complexity index is 1380. The molecule has 2 aromatic heterocycles. The van der Waals surface area contributed by atoms with Crippen molar-refractivity contribution in [1.82, 2.24) is 24.5 Å². The molecule has 3 aromatic rings. The highest BCUT2D eigenvalue weighted by atomic mass is 32.2. The Morgan fingerprint density at radius 3 is 2.32 bits per heavy atom. The van der Waals surface area contributed by atoms with E-state index in [-0.39, 0.29) is 13.0 Å². The van der Waals surface area contributed by atoms with Gasteiger partial charge >= 0.3 is 7.82 Å². The fourth-order valence-corrected chi connectivity index (χ4v) is 4.25. The number of hydrogen-bond acceptors (Lipinski definition) is 9. The van der Waals surface area contributed by atoms with Crippen molar-refractivity contribution in [2.24, 2.45) is 0 Å². The molecule has 13 nitrogen and oxygen atoms in total. The number of phosphoric acid groups is 1. The van der Waals surface area contributed by atoms with E-state index in [1.807, 2.05) is 0 Å². The van der Waals surface area contributed by atoms with E-state index in [1.165, 1.54) is 17.2 Å². The molecular weight excluding hydrogens is 489 g/mol. The minimum atomic E-state index is -4.97. The normalized spacial score (nSPS) is 14.0. The van der Waals surface area contributed by atoms with Gasteiger partial charge in [0.25, 0.3) is 5.56 Å². The van der Waals surface area contributed by atoms with Gasteiger partial charge in [-0.1, -0.05) is 12.1 Å². The Morgan fingerprint density at radius 2 is 1.79 bits per heavy atom. The van der Waals surface area contributed by atoms with Crippen molar-refractivity contribution < 1.29 is 32.1 Å². The lowest BCUT2D eigenvalue weighted by Crippen LogP contribution is -2.46. The van der Waals surface area contributed by atoms with Gasteiger partial charge in [0, 0.05) is 24.4 Å². The van der Waals surface area contributed by atoms with E-state index in [1.54, 1.807) is 36.7 Å². The Morgan fingerprint density at radius 1 is 1.18 bits per heavy atom. The molecule has 0 aliphatic rings. The molecule has 0 unspecified atom stereocenters. The van der Waals surface area contributed by atoms with Gasteiger partial charge in [0.05, 0.1) is 30.1 Å². The van der Waals surface area contributed by atoms with Gasteiger partial charge in [-0.05, 0) is 25.5 Å². The van der Waals surface area contributed by atoms with Gasteiger partial charge in [0.1, 0.15) is 11.4 Å². The standard InChI is InChI=1S/C19H22N5O8PS/c1-19(34(2,30)31,17(25)12-32-33(27,28)29)7-10-23-13-20-16(11-18(23)26)14-3-5-15(6-4-14)24-21-8-9-22-24/h3-6,8-9,11,13H,7,10,12H2,1-2H3,(H2,27,28,29)/t19-/m1/s1. The Kier molecular flexibility index (Phi) is 7.29. The van der Waals surface area contributed by atoms with Gasteiger partial charge < -0.3 is 9.79 Å². The summed E-state index contributed by atoms with van der Waals surface area (Å²) in [6.45, 7) is -0.151. The Balaban J connectivity index is 1.77. The third-order valence-electron chi connectivity index (χ3n) is 5.29. The average Bonchev–Trinajstić information content (AvgIpc) is 3.30. The molecule has 0 amide bonds. The molecule has 15 heteroatoms. The zero-order chi connectivity index (χ0) is 25.1. The van der Waals surface area contributed by atoms with Crippen LogP contribution < -0.4 is 5.56 Å². The summed E-state index contributed by atoms with van der Waals surface area (Å²) in [6, 6.07) is 8.27. The van der Waals surface area contributed by atoms with Crippen molar-refractivity contribution in [2.45, 2.75) is 24.6 Å². The SMILES string of the molecule is C[C@@](CCn1cnc(-c2ccc(-n3nccn3)cc2)cc1=O)(C(=O)COP(=O)(O)O)S(C)(=O)=O. The monoisotopic (exact) mass is 511 g/mol. The molecule has 0 bridgehead atoms. The maximum atomic E-state index is 12.6. The molecule has 0 saturated carbocycles. The fraction of sp³-hybridized carbons (Fsp3) is 0.316. The van der Waals surface area contributed by atoms with Crippen molar-refractivity contribution >= 4 is 23.4 Å². The van der Waals surface area contributed by atoms with Gasteiger partial charge in [0.2, 0.25) is 0 Å². The molecule has 0 aliphatic heterocycles. The second-order valence-electron chi connectivity index (χ2n) is 7.61. The number of carbonyl (C=O) groups excluding carboxylic acids is 1. The first-order valence-electron chi connectivity index (χ1n) is 9.77. The van der Waals surface area contributed by atoms with Crippen LogP contribution in [0.25, 0.3) is 16.9 Å². The lowest BCUT2D eigenvalue weighted by molar-refractivity contribution is -0.123. The van der Waals surface area contributed by atoms with E-state index in [0.717, 1.165) is 23.4 Å². The minimum absolute atomic E-state index is 0.179. The van der Waals surface area contributed by atoms with Gasteiger partial charge in [-0.25, -0.2) is 18.0 Å². The molecule has 3 rings (SSSR count). The molecule has 0 saturated heterocycles. The van der Waals surface area contributed by atoms with Crippen molar-refractivity contribution in [3.05, 3.63) is 59.4 Å². The van der Waals surface area contributed by atoms with E-state index in [2.05, 4.69) is 19.7 Å². The summed E-state index contributed by atoms with van der Waals surface area (Å²) in [5, 5.41) is 8.06. The van der Waals surface area contributed by atoms with Crippen molar-refractivity contribution in [2.75, 3.05) is 12.9 Å². The second-order valence-corrected chi connectivity index (χ2v) is 11.3. The van der Waals surface area contributed by atoms with Gasteiger partial charge in [0.15, 0.2) is 15.6 Å². The maximum Gasteiger partial charge on any atom is 0.470 e. The zero-order valence-corrected chi connectivity index (χ0v) is 19.9. The molecule has 2 N–H and O–H groups in total. The zero-order valence-electron chi connectivity index (χ0n) is 18.2. The lowest BCUT2D eigenvalue weighted by Gasteiger charge is -2.26. The van der Waals surface area contributed by atoms with Crippen LogP contribution in [0.5, 0.6) is 0 Å². The van der Waals surface area contributed by atoms with Crippen LogP contribution in [0.4, 0.5) is 0 Å². The summed E-state index contributed by atoms with van der Waals surface area (Å²) in [4.78, 5) is 48.3. The van der Waals surface area contributed by atoms with Crippen LogP contribution in [0, 0.1) is 0 Å². The largest absolute Gasteiger partial charge is 0.470 e. The molecule has 1 atom stereocenters. The summed E-state index contributed by atoms with van der Waals surface area (Å²) < 4.78 is 38.7. The molecule has 182 valence electrons. The Hall–Kier alpha value is -3.03. The number of rotatable bonds is 10. The topological polar surface area (TPSA) is 184 Å². The highest BCUT2D eigenvalue weighted by molar-refractivity contribution is 7.92. The summed E-state index contributed by atoms with van der Waals surface area (Å²) in [6.07, 6.45) is 4.82. The number of benzene rings is 1. The minimum Gasteiger partial charge on any atom is -0.303 e. The van der Waals surface area contributed by atoms with E-state index < -0.39 is 40.4 Å². The smallest absolute Gasteiger partial charge is 0.303 e. The Labute approximate surface area is 194 Å². The van der Waals surface area contributed by atoms with E-state index in [9.17, 15) is 22.6 Å². The van der Waals surface area contributed by atoms with Crippen molar-refractivity contribution in [3.8, 4) is 16.9 Å².